The van der Waals surface area contributed by atoms with Crippen LogP contribution in [-0.2, 0) is 0 Å². The van der Waals surface area contributed by atoms with E-state index in [0.29, 0.717) is 0 Å². The first-order valence-corrected chi connectivity index (χ1v) is 6.90. The summed E-state index contributed by atoms with van der Waals surface area (Å²) in [5, 5.41) is 0. The van der Waals surface area contributed by atoms with Gasteiger partial charge in [0.2, 0.25) is 0 Å². The highest BCUT2D eigenvalue weighted by molar-refractivity contribution is 5.19. The molecule has 2 N–H and O–H groups in total. The van der Waals surface area contributed by atoms with Gasteiger partial charge in [-0.25, -0.2) is 4.39 Å². The third kappa shape index (κ3) is 5.15. The van der Waals surface area contributed by atoms with E-state index in [-0.39, 0.29) is 11.9 Å². The molecule has 0 fully saturated rings. The fraction of sp³-hybridized carbons (Fsp3) is 0.600. The maximum Gasteiger partial charge on any atom is 0.123 e. The number of benzene rings is 1. The fourth-order valence-corrected chi connectivity index (χ4v) is 2.01. The zero-order valence-corrected chi connectivity index (χ0v) is 11.5. The van der Waals surface area contributed by atoms with E-state index in [9.17, 15) is 4.39 Å². The topological polar surface area (TPSA) is 29.3 Å². The van der Waals surface area contributed by atoms with Gasteiger partial charge >= 0.3 is 0 Å². The predicted octanol–water partition coefficient (Wildman–Crippen LogP) is 3.34. The summed E-state index contributed by atoms with van der Waals surface area (Å²) in [6.45, 7) is 7.60. The third-order valence-electron chi connectivity index (χ3n) is 3.33. The molecule has 0 radical (unpaired) electrons. The van der Waals surface area contributed by atoms with Crippen molar-refractivity contribution in [2.75, 3.05) is 19.6 Å². The Kier molecular flexibility index (Phi) is 6.91. The maximum absolute atomic E-state index is 12.8. The molecular formula is C15H25FN2. The Morgan fingerprint density at radius 2 is 1.83 bits per heavy atom. The van der Waals surface area contributed by atoms with Gasteiger partial charge in [0.15, 0.2) is 0 Å². The van der Waals surface area contributed by atoms with Gasteiger partial charge in [0.05, 0.1) is 0 Å². The first-order valence-electron chi connectivity index (χ1n) is 6.90. The molecule has 0 amide bonds. The number of nitrogens with zero attached hydrogens (tertiary/aromatic N) is 1. The lowest BCUT2D eigenvalue weighted by Crippen LogP contribution is -2.28. The number of hydrogen-bond donors (Lipinski definition) is 1. The molecule has 1 unspecified atom stereocenters. The van der Waals surface area contributed by atoms with E-state index in [1.165, 1.54) is 25.0 Å². The van der Waals surface area contributed by atoms with Crippen molar-refractivity contribution in [3.63, 3.8) is 0 Å². The van der Waals surface area contributed by atoms with Gasteiger partial charge < -0.3 is 10.6 Å². The fourth-order valence-electron chi connectivity index (χ4n) is 2.01. The SMILES string of the molecule is CCCCN(CC)CCC(N)c1ccc(F)cc1. The van der Waals surface area contributed by atoms with E-state index in [0.717, 1.165) is 31.6 Å². The van der Waals surface area contributed by atoms with E-state index < -0.39 is 0 Å². The Morgan fingerprint density at radius 1 is 1.17 bits per heavy atom. The van der Waals surface area contributed by atoms with Gasteiger partial charge in [0.1, 0.15) is 5.82 Å². The van der Waals surface area contributed by atoms with Gasteiger partial charge in [0, 0.05) is 6.04 Å². The van der Waals surface area contributed by atoms with Crippen LogP contribution in [0, 0.1) is 5.82 Å². The summed E-state index contributed by atoms with van der Waals surface area (Å²) in [6, 6.07) is 6.51. The lowest BCUT2D eigenvalue weighted by molar-refractivity contribution is 0.272. The van der Waals surface area contributed by atoms with E-state index in [2.05, 4.69) is 18.7 Å². The standard InChI is InChI=1S/C15H25FN2/c1-3-5-11-18(4-2)12-10-15(17)13-6-8-14(16)9-7-13/h6-9,15H,3-5,10-12,17H2,1-2H3. The summed E-state index contributed by atoms with van der Waals surface area (Å²) >= 11 is 0. The van der Waals surface area contributed by atoms with Crippen LogP contribution in [0.1, 0.15) is 44.7 Å². The monoisotopic (exact) mass is 252 g/mol. The van der Waals surface area contributed by atoms with Crippen LogP contribution in [0.25, 0.3) is 0 Å². The Labute approximate surface area is 110 Å². The highest BCUT2D eigenvalue weighted by Crippen LogP contribution is 2.15. The number of rotatable bonds is 8. The molecule has 1 aromatic carbocycles. The zero-order valence-electron chi connectivity index (χ0n) is 11.5. The summed E-state index contributed by atoms with van der Waals surface area (Å²) < 4.78 is 12.8. The highest BCUT2D eigenvalue weighted by Gasteiger charge is 2.08. The first-order chi connectivity index (χ1) is 8.67. The molecule has 0 saturated heterocycles. The van der Waals surface area contributed by atoms with Gasteiger partial charge in [-0.2, -0.15) is 0 Å². The largest absolute Gasteiger partial charge is 0.324 e. The lowest BCUT2D eigenvalue weighted by Gasteiger charge is -2.22. The minimum absolute atomic E-state index is 0.00118. The van der Waals surface area contributed by atoms with Crippen LogP contribution in [0.4, 0.5) is 4.39 Å². The number of unbranched alkanes of at least 4 members (excludes halogenated alkanes) is 1. The summed E-state index contributed by atoms with van der Waals surface area (Å²) in [5.74, 6) is -0.205. The molecule has 0 aliphatic rings. The minimum Gasteiger partial charge on any atom is -0.324 e. The molecule has 0 bridgehead atoms. The van der Waals surface area contributed by atoms with Crippen LogP contribution in [0.5, 0.6) is 0 Å². The van der Waals surface area contributed by atoms with Crippen molar-refractivity contribution in [2.24, 2.45) is 5.73 Å². The molecular weight excluding hydrogens is 227 g/mol. The summed E-state index contributed by atoms with van der Waals surface area (Å²) in [5.41, 5.74) is 7.14. The normalized spacial score (nSPS) is 12.9. The van der Waals surface area contributed by atoms with E-state index >= 15 is 0 Å². The molecule has 0 aliphatic carbocycles. The van der Waals surface area contributed by atoms with E-state index in [1.807, 2.05) is 0 Å². The van der Waals surface area contributed by atoms with Crippen molar-refractivity contribution in [1.29, 1.82) is 0 Å². The van der Waals surface area contributed by atoms with Gasteiger partial charge in [-0.1, -0.05) is 32.4 Å². The minimum atomic E-state index is -0.205. The van der Waals surface area contributed by atoms with Crippen LogP contribution in [-0.4, -0.2) is 24.5 Å². The Balaban J connectivity index is 2.39. The quantitative estimate of drug-likeness (QED) is 0.769. The van der Waals surface area contributed by atoms with Crippen LogP contribution < -0.4 is 5.73 Å². The molecule has 1 aromatic rings. The van der Waals surface area contributed by atoms with Crippen LogP contribution in [0.15, 0.2) is 24.3 Å². The second-order valence-corrected chi connectivity index (χ2v) is 4.73. The van der Waals surface area contributed by atoms with E-state index in [1.54, 1.807) is 12.1 Å². The molecule has 1 rings (SSSR count). The van der Waals surface area contributed by atoms with Crippen molar-refractivity contribution in [2.45, 2.75) is 39.2 Å². The van der Waals surface area contributed by atoms with Crippen LogP contribution in [0.2, 0.25) is 0 Å². The van der Waals surface area contributed by atoms with Crippen molar-refractivity contribution in [3.05, 3.63) is 35.6 Å². The molecule has 0 spiro atoms. The van der Waals surface area contributed by atoms with Crippen molar-refractivity contribution >= 4 is 0 Å². The summed E-state index contributed by atoms with van der Waals surface area (Å²) in [7, 11) is 0. The zero-order chi connectivity index (χ0) is 13.4. The van der Waals surface area contributed by atoms with Crippen LogP contribution in [0.3, 0.4) is 0 Å². The predicted molar refractivity (Wildman–Crippen MR) is 75.0 cm³/mol. The second-order valence-electron chi connectivity index (χ2n) is 4.73. The lowest BCUT2D eigenvalue weighted by atomic mass is 10.0. The van der Waals surface area contributed by atoms with Gasteiger partial charge in [-0.05, 0) is 50.2 Å². The van der Waals surface area contributed by atoms with Gasteiger partial charge in [-0.3, -0.25) is 0 Å². The van der Waals surface area contributed by atoms with Gasteiger partial charge in [-0.15, -0.1) is 0 Å². The van der Waals surface area contributed by atoms with Crippen molar-refractivity contribution in [3.8, 4) is 0 Å². The maximum atomic E-state index is 12.8. The Morgan fingerprint density at radius 3 is 2.39 bits per heavy atom. The van der Waals surface area contributed by atoms with Gasteiger partial charge in [0.25, 0.3) is 0 Å². The van der Waals surface area contributed by atoms with E-state index in [4.69, 9.17) is 5.73 Å². The third-order valence-corrected chi connectivity index (χ3v) is 3.33. The molecule has 0 saturated carbocycles. The van der Waals surface area contributed by atoms with Crippen molar-refractivity contribution < 1.29 is 4.39 Å². The summed E-state index contributed by atoms with van der Waals surface area (Å²) in [4.78, 5) is 2.42. The molecule has 2 nitrogen and oxygen atoms in total. The van der Waals surface area contributed by atoms with Crippen LogP contribution >= 0.6 is 0 Å². The molecule has 1 atom stereocenters. The number of halogens is 1. The second kappa shape index (κ2) is 8.22. The first kappa shape index (κ1) is 15.1. The summed E-state index contributed by atoms with van der Waals surface area (Å²) in [6.07, 6.45) is 3.38. The molecule has 0 aliphatic heterocycles. The Hall–Kier alpha value is -0.930. The molecule has 102 valence electrons. The molecule has 3 heteroatoms. The number of hydrogen-bond acceptors (Lipinski definition) is 2. The highest BCUT2D eigenvalue weighted by atomic mass is 19.1. The molecule has 0 aromatic heterocycles. The molecule has 18 heavy (non-hydrogen) atoms. The van der Waals surface area contributed by atoms with Crippen molar-refractivity contribution in [1.82, 2.24) is 4.90 Å². The Bertz CT molecular complexity index is 324. The average Bonchev–Trinajstić information content (AvgIpc) is 2.39. The average molecular weight is 252 g/mol. The molecule has 0 heterocycles. The smallest absolute Gasteiger partial charge is 0.123 e. The number of nitrogens with two attached hydrogens (primary N) is 1.